The number of hydrogen-bond donors (Lipinski definition) is 1. The maximum atomic E-state index is 3.49. The van der Waals surface area contributed by atoms with E-state index in [9.17, 15) is 0 Å². The number of hydrogen-bond acceptors (Lipinski definition) is 2. The van der Waals surface area contributed by atoms with Crippen LogP contribution in [0.15, 0.2) is 17.0 Å². The average Bonchev–Trinajstić information content (AvgIpc) is 2.56. The fraction of sp³-hybridized carbons (Fsp3) is 0.571. The highest BCUT2D eigenvalue weighted by atomic mass is 32.2. The third-order valence-corrected chi connectivity index (χ3v) is 4.91. The van der Waals surface area contributed by atoms with Gasteiger partial charge in [0.15, 0.2) is 0 Å². The van der Waals surface area contributed by atoms with E-state index in [4.69, 9.17) is 0 Å². The monoisotopic (exact) mass is 235 g/mol. The molecule has 1 N–H and O–H groups in total. The van der Waals surface area contributed by atoms with Crippen LogP contribution in [0.2, 0.25) is 0 Å². The second-order valence-corrected chi connectivity index (χ2v) is 5.96. The lowest BCUT2D eigenvalue weighted by Gasteiger charge is -2.18. The van der Waals surface area contributed by atoms with Crippen LogP contribution in [0, 0.1) is 13.8 Å². The van der Waals surface area contributed by atoms with Crippen molar-refractivity contribution in [1.82, 2.24) is 5.32 Å². The van der Waals surface area contributed by atoms with Gasteiger partial charge in [-0.2, -0.15) is 0 Å². The van der Waals surface area contributed by atoms with Crippen LogP contribution in [0.25, 0.3) is 0 Å². The van der Waals surface area contributed by atoms with Crippen LogP contribution in [0.4, 0.5) is 0 Å². The van der Waals surface area contributed by atoms with Gasteiger partial charge in [0.2, 0.25) is 0 Å². The summed E-state index contributed by atoms with van der Waals surface area (Å²) in [5.41, 5.74) is 4.34. The third-order valence-electron chi connectivity index (χ3n) is 3.31. The van der Waals surface area contributed by atoms with Gasteiger partial charge in [0.1, 0.15) is 0 Å². The highest BCUT2D eigenvalue weighted by molar-refractivity contribution is 8.00. The SMILES string of the molecule is CCCC1Sc2c(C)cc(C)cc2C1NC. The largest absolute Gasteiger partial charge is 0.312 e. The molecule has 1 heterocycles. The Balaban J connectivity index is 2.38. The zero-order chi connectivity index (χ0) is 11.7. The minimum absolute atomic E-state index is 0.540. The van der Waals surface area contributed by atoms with Crippen LogP contribution in [0.3, 0.4) is 0 Å². The van der Waals surface area contributed by atoms with Crippen LogP contribution >= 0.6 is 11.8 Å². The topological polar surface area (TPSA) is 12.0 Å². The molecule has 1 aliphatic rings. The number of benzene rings is 1. The summed E-state index contributed by atoms with van der Waals surface area (Å²) in [6.07, 6.45) is 2.56. The molecule has 16 heavy (non-hydrogen) atoms. The molecule has 2 rings (SSSR count). The molecule has 2 heteroatoms. The number of aryl methyl sites for hydroxylation is 2. The smallest absolute Gasteiger partial charge is 0.0453 e. The van der Waals surface area contributed by atoms with Crippen LogP contribution in [0.1, 0.15) is 42.5 Å². The number of rotatable bonds is 3. The molecule has 1 aliphatic heterocycles. The van der Waals surface area contributed by atoms with E-state index in [0.717, 1.165) is 0 Å². The predicted molar refractivity (Wildman–Crippen MR) is 72.3 cm³/mol. The quantitative estimate of drug-likeness (QED) is 0.854. The first-order chi connectivity index (χ1) is 7.67. The van der Waals surface area contributed by atoms with Crippen LogP contribution in [0.5, 0.6) is 0 Å². The molecule has 1 aromatic carbocycles. The van der Waals surface area contributed by atoms with Crippen molar-refractivity contribution < 1.29 is 0 Å². The second-order valence-electron chi connectivity index (χ2n) is 4.71. The van der Waals surface area contributed by atoms with E-state index >= 15 is 0 Å². The Labute approximate surface area is 103 Å². The molecule has 88 valence electrons. The molecule has 0 aliphatic carbocycles. The molecular formula is C14H21NS. The first-order valence-corrected chi connectivity index (χ1v) is 7.00. The summed E-state index contributed by atoms with van der Waals surface area (Å²) in [5.74, 6) is 0. The highest BCUT2D eigenvalue weighted by Gasteiger charge is 2.32. The van der Waals surface area contributed by atoms with Gasteiger partial charge >= 0.3 is 0 Å². The zero-order valence-corrected chi connectivity index (χ0v) is 11.4. The van der Waals surface area contributed by atoms with Gasteiger partial charge in [-0.25, -0.2) is 0 Å². The average molecular weight is 235 g/mol. The summed E-state index contributed by atoms with van der Waals surface area (Å²) in [5, 5.41) is 4.20. The van der Waals surface area contributed by atoms with Gasteiger partial charge < -0.3 is 5.32 Å². The van der Waals surface area contributed by atoms with Crippen LogP contribution in [-0.2, 0) is 0 Å². The molecule has 0 bridgehead atoms. The van der Waals surface area contributed by atoms with Gasteiger partial charge in [0, 0.05) is 16.2 Å². The van der Waals surface area contributed by atoms with Crippen molar-refractivity contribution in [1.29, 1.82) is 0 Å². The number of nitrogens with one attached hydrogen (secondary N) is 1. The lowest BCUT2D eigenvalue weighted by Crippen LogP contribution is -2.23. The van der Waals surface area contributed by atoms with E-state index in [1.807, 2.05) is 0 Å². The maximum Gasteiger partial charge on any atom is 0.0453 e. The van der Waals surface area contributed by atoms with Gasteiger partial charge in [0.25, 0.3) is 0 Å². The van der Waals surface area contributed by atoms with Crippen molar-refractivity contribution in [3.05, 3.63) is 28.8 Å². The van der Waals surface area contributed by atoms with E-state index in [-0.39, 0.29) is 0 Å². The van der Waals surface area contributed by atoms with Crippen molar-refractivity contribution in [2.75, 3.05) is 7.05 Å². The Morgan fingerprint density at radius 3 is 2.69 bits per heavy atom. The van der Waals surface area contributed by atoms with Gasteiger partial charge in [-0.05, 0) is 38.4 Å². The maximum absolute atomic E-state index is 3.49. The summed E-state index contributed by atoms with van der Waals surface area (Å²) in [6, 6.07) is 5.19. The van der Waals surface area contributed by atoms with Gasteiger partial charge in [-0.3, -0.25) is 0 Å². The molecule has 0 amide bonds. The minimum Gasteiger partial charge on any atom is -0.312 e. The second kappa shape index (κ2) is 4.80. The van der Waals surface area contributed by atoms with Gasteiger partial charge in [-0.15, -0.1) is 11.8 Å². The standard InChI is InChI=1S/C14H21NS/c1-5-6-12-13(15-4)11-8-9(2)7-10(3)14(11)16-12/h7-8,12-13,15H,5-6H2,1-4H3. The Bertz CT molecular complexity index is 387. The molecule has 2 atom stereocenters. The van der Waals surface area contributed by atoms with Crippen LogP contribution in [-0.4, -0.2) is 12.3 Å². The molecule has 0 radical (unpaired) electrons. The Morgan fingerprint density at radius 1 is 1.31 bits per heavy atom. The van der Waals surface area contributed by atoms with Gasteiger partial charge in [0.05, 0.1) is 0 Å². The fourth-order valence-corrected chi connectivity index (χ4v) is 4.29. The van der Waals surface area contributed by atoms with Crippen molar-refractivity contribution in [3.8, 4) is 0 Å². The lowest BCUT2D eigenvalue weighted by atomic mass is 9.97. The molecule has 2 unspecified atom stereocenters. The van der Waals surface area contributed by atoms with Crippen molar-refractivity contribution in [3.63, 3.8) is 0 Å². The molecule has 0 saturated carbocycles. The Kier molecular flexibility index (Phi) is 3.60. The summed E-state index contributed by atoms with van der Waals surface area (Å²) in [4.78, 5) is 1.52. The molecule has 0 fully saturated rings. The summed E-state index contributed by atoms with van der Waals surface area (Å²) >= 11 is 2.07. The third kappa shape index (κ3) is 2.01. The van der Waals surface area contributed by atoms with Crippen molar-refractivity contribution in [2.24, 2.45) is 0 Å². The highest BCUT2D eigenvalue weighted by Crippen LogP contribution is 2.47. The molecular weight excluding hydrogens is 214 g/mol. The lowest BCUT2D eigenvalue weighted by molar-refractivity contribution is 0.544. The van der Waals surface area contributed by atoms with Crippen molar-refractivity contribution in [2.45, 2.75) is 49.8 Å². The van der Waals surface area contributed by atoms with Crippen molar-refractivity contribution >= 4 is 11.8 Å². The number of fused-ring (bicyclic) bond motifs is 1. The molecule has 1 aromatic rings. The van der Waals surface area contributed by atoms with E-state index in [1.165, 1.54) is 34.4 Å². The van der Waals surface area contributed by atoms with Gasteiger partial charge in [-0.1, -0.05) is 31.0 Å². The minimum atomic E-state index is 0.540. The molecule has 0 saturated heterocycles. The molecule has 0 spiro atoms. The van der Waals surface area contributed by atoms with E-state index < -0.39 is 0 Å². The fourth-order valence-electron chi connectivity index (χ4n) is 2.65. The first kappa shape index (κ1) is 12.0. The van der Waals surface area contributed by atoms with E-state index in [1.54, 1.807) is 0 Å². The molecule has 0 aromatic heterocycles. The van der Waals surface area contributed by atoms with E-state index in [2.05, 4.69) is 57.0 Å². The Morgan fingerprint density at radius 2 is 2.06 bits per heavy atom. The summed E-state index contributed by atoms with van der Waals surface area (Å²) in [7, 11) is 2.08. The zero-order valence-electron chi connectivity index (χ0n) is 10.6. The summed E-state index contributed by atoms with van der Waals surface area (Å²) in [6.45, 7) is 6.70. The molecule has 1 nitrogen and oxygen atoms in total. The predicted octanol–water partition coefficient (Wildman–Crippen LogP) is 3.84. The first-order valence-electron chi connectivity index (χ1n) is 6.12. The Hall–Kier alpha value is -0.470. The normalized spacial score (nSPS) is 23.5. The summed E-state index contributed by atoms with van der Waals surface area (Å²) < 4.78 is 0. The van der Waals surface area contributed by atoms with Crippen LogP contribution < -0.4 is 5.32 Å². The van der Waals surface area contributed by atoms with E-state index in [0.29, 0.717) is 11.3 Å². The number of thioether (sulfide) groups is 1.